The van der Waals surface area contributed by atoms with Crippen molar-refractivity contribution >= 4 is 45.9 Å². The standard InChI is InChI=1S/C24H24F3N5O4S/c1-4-9-37(34,35)32-19-8-6-16(25)21(22(19)27)23(33)15-11-29-13(2)20(15)24(30-12-28)31-18-7-5-14(36-3)10-17(18)26/h5-8,10-12,29,31-32H,2,4,9H2,1,3H3,(H2,28,30)/b24-20-. The van der Waals surface area contributed by atoms with Crippen LogP contribution in [0.15, 0.2) is 41.5 Å². The van der Waals surface area contributed by atoms with E-state index in [2.05, 4.69) is 21.9 Å². The summed E-state index contributed by atoms with van der Waals surface area (Å²) in [4.78, 5) is 20.0. The molecule has 0 bridgehead atoms. The molecule has 3 aromatic rings. The molecule has 0 unspecified atom stereocenters. The number of sulfonamides is 1. The number of ether oxygens (including phenoxy) is 1. The van der Waals surface area contributed by atoms with Crippen LogP contribution in [0.5, 0.6) is 5.75 Å². The minimum absolute atomic E-state index is 0.0438. The van der Waals surface area contributed by atoms with Gasteiger partial charge in [0.2, 0.25) is 15.8 Å². The summed E-state index contributed by atoms with van der Waals surface area (Å²) in [5, 5.41) is 2.75. The Hall–Kier alpha value is -4.26. The first-order valence-corrected chi connectivity index (χ1v) is 12.5. The van der Waals surface area contributed by atoms with Crippen molar-refractivity contribution < 1.29 is 31.1 Å². The third-order valence-corrected chi connectivity index (χ3v) is 6.61. The average molecular weight is 536 g/mol. The Labute approximate surface area is 210 Å². The Kier molecular flexibility index (Phi) is 8.28. The Morgan fingerprint density at radius 2 is 1.89 bits per heavy atom. The molecule has 1 heterocycles. The molecule has 13 heteroatoms. The number of carbonyl (C=O) groups is 1. The summed E-state index contributed by atoms with van der Waals surface area (Å²) in [5.74, 6) is -4.69. The summed E-state index contributed by atoms with van der Waals surface area (Å²) in [6.45, 7) is 5.38. The van der Waals surface area contributed by atoms with Crippen molar-refractivity contribution in [2.24, 2.45) is 10.7 Å². The van der Waals surface area contributed by atoms with E-state index in [1.54, 1.807) is 6.92 Å². The van der Waals surface area contributed by atoms with Gasteiger partial charge in [-0.15, -0.1) is 0 Å². The monoisotopic (exact) mass is 535 g/mol. The first kappa shape index (κ1) is 27.3. The lowest BCUT2D eigenvalue weighted by molar-refractivity contribution is 0.103. The molecule has 0 saturated heterocycles. The van der Waals surface area contributed by atoms with Crippen LogP contribution in [0.1, 0.15) is 29.3 Å². The number of aromatic nitrogens is 1. The summed E-state index contributed by atoms with van der Waals surface area (Å²) >= 11 is 0. The molecule has 0 saturated carbocycles. The van der Waals surface area contributed by atoms with Crippen molar-refractivity contribution in [2.45, 2.75) is 13.3 Å². The fraction of sp³-hybridized carbons (Fsp3) is 0.167. The highest BCUT2D eigenvalue weighted by atomic mass is 32.2. The van der Waals surface area contributed by atoms with E-state index in [0.29, 0.717) is 0 Å². The van der Waals surface area contributed by atoms with E-state index < -0.39 is 44.5 Å². The maximum absolute atomic E-state index is 15.3. The van der Waals surface area contributed by atoms with Gasteiger partial charge < -0.3 is 20.8 Å². The number of nitrogens with one attached hydrogen (secondary N) is 3. The number of carbonyl (C=O) groups excluding carboxylic acids is 1. The van der Waals surface area contributed by atoms with Gasteiger partial charge in [-0.05, 0) is 30.7 Å². The smallest absolute Gasteiger partial charge is 0.232 e. The lowest BCUT2D eigenvalue weighted by atomic mass is 10.0. The number of halogens is 3. The second-order valence-electron chi connectivity index (χ2n) is 7.69. The van der Waals surface area contributed by atoms with Crippen molar-refractivity contribution in [1.29, 1.82) is 0 Å². The minimum atomic E-state index is -3.93. The second-order valence-corrected chi connectivity index (χ2v) is 9.53. The van der Waals surface area contributed by atoms with Gasteiger partial charge in [-0.25, -0.2) is 26.6 Å². The summed E-state index contributed by atoms with van der Waals surface area (Å²) < 4.78 is 75.7. The number of hydrogen-bond acceptors (Lipinski definition) is 6. The molecule has 196 valence electrons. The summed E-state index contributed by atoms with van der Waals surface area (Å²) in [5.41, 5.74) is 3.50. The number of aliphatic imine (C=N–C) groups is 1. The number of nitrogens with two attached hydrogens (primary N) is 1. The SMILES string of the molecule is C=c1[nH]cc(C(=O)c2c(F)ccc(NS(=O)(=O)CCC)c2F)/c1=C(/N=CN)Nc1ccc(OC)cc1F. The van der Waals surface area contributed by atoms with E-state index in [-0.39, 0.29) is 45.6 Å². The van der Waals surface area contributed by atoms with Crippen LogP contribution >= 0.6 is 0 Å². The highest BCUT2D eigenvalue weighted by molar-refractivity contribution is 7.92. The normalized spacial score (nSPS) is 12.5. The van der Waals surface area contributed by atoms with Gasteiger partial charge in [-0.2, -0.15) is 0 Å². The lowest BCUT2D eigenvalue weighted by Crippen LogP contribution is -2.31. The molecule has 5 N–H and O–H groups in total. The van der Waals surface area contributed by atoms with Gasteiger partial charge in [0, 0.05) is 17.6 Å². The zero-order chi connectivity index (χ0) is 27.3. The number of rotatable bonds is 10. The van der Waals surface area contributed by atoms with Crippen LogP contribution in [0.2, 0.25) is 0 Å². The molecule has 0 radical (unpaired) electrons. The number of methoxy groups -OCH3 is 1. The van der Waals surface area contributed by atoms with E-state index >= 15 is 4.39 Å². The fourth-order valence-corrected chi connectivity index (χ4v) is 4.59. The number of aromatic amines is 1. The van der Waals surface area contributed by atoms with Gasteiger partial charge >= 0.3 is 0 Å². The molecule has 1 aromatic heterocycles. The van der Waals surface area contributed by atoms with Crippen molar-refractivity contribution in [2.75, 3.05) is 22.9 Å². The molecule has 0 aliphatic rings. The van der Waals surface area contributed by atoms with E-state index in [9.17, 15) is 22.0 Å². The van der Waals surface area contributed by atoms with Gasteiger partial charge in [-0.1, -0.05) is 13.5 Å². The molecule has 0 aliphatic heterocycles. The number of benzene rings is 2. The number of nitrogens with zero attached hydrogens (tertiary/aromatic N) is 1. The predicted octanol–water partition coefficient (Wildman–Crippen LogP) is 2.40. The van der Waals surface area contributed by atoms with Crippen LogP contribution in [0.25, 0.3) is 12.4 Å². The minimum Gasteiger partial charge on any atom is -0.497 e. The zero-order valence-electron chi connectivity index (χ0n) is 19.9. The van der Waals surface area contributed by atoms with Crippen molar-refractivity contribution in [3.05, 3.63) is 75.7 Å². The molecule has 9 nitrogen and oxygen atoms in total. The molecule has 0 atom stereocenters. The quantitative estimate of drug-likeness (QED) is 0.179. The maximum Gasteiger partial charge on any atom is 0.232 e. The fourth-order valence-electron chi connectivity index (χ4n) is 3.46. The van der Waals surface area contributed by atoms with Crippen LogP contribution in [0.3, 0.4) is 0 Å². The maximum atomic E-state index is 15.3. The molecule has 0 aliphatic carbocycles. The Bertz CT molecular complexity index is 1590. The van der Waals surface area contributed by atoms with E-state index in [1.807, 2.05) is 4.72 Å². The molecule has 0 spiro atoms. The van der Waals surface area contributed by atoms with Crippen LogP contribution in [-0.2, 0) is 10.0 Å². The summed E-state index contributed by atoms with van der Waals surface area (Å²) in [7, 11) is -2.56. The summed E-state index contributed by atoms with van der Waals surface area (Å²) in [6.07, 6.45) is 2.27. The van der Waals surface area contributed by atoms with Gasteiger partial charge in [0.05, 0.1) is 46.9 Å². The van der Waals surface area contributed by atoms with E-state index in [0.717, 1.165) is 30.7 Å². The first-order chi connectivity index (χ1) is 17.5. The largest absolute Gasteiger partial charge is 0.497 e. The highest BCUT2D eigenvalue weighted by Gasteiger charge is 2.26. The second kappa shape index (κ2) is 11.2. The predicted molar refractivity (Wildman–Crippen MR) is 136 cm³/mol. The molecular formula is C24H24F3N5O4S. The number of anilines is 2. The molecule has 37 heavy (non-hydrogen) atoms. The average Bonchev–Trinajstić information content (AvgIpc) is 3.22. The van der Waals surface area contributed by atoms with Gasteiger partial charge in [0.25, 0.3) is 0 Å². The lowest BCUT2D eigenvalue weighted by Gasteiger charge is -2.12. The molecule has 0 fully saturated rings. The molecule has 2 aromatic carbocycles. The number of H-pyrrole nitrogens is 1. The van der Waals surface area contributed by atoms with Crippen molar-refractivity contribution in [3.63, 3.8) is 0 Å². The summed E-state index contributed by atoms with van der Waals surface area (Å²) in [6, 6.07) is 5.58. The zero-order valence-corrected chi connectivity index (χ0v) is 20.7. The van der Waals surface area contributed by atoms with Crippen molar-refractivity contribution in [3.8, 4) is 5.75 Å². The van der Waals surface area contributed by atoms with Crippen LogP contribution < -0.4 is 31.1 Å². The first-order valence-electron chi connectivity index (χ1n) is 10.8. The van der Waals surface area contributed by atoms with Crippen LogP contribution in [0, 0.1) is 17.5 Å². The molecule has 3 rings (SSSR count). The van der Waals surface area contributed by atoms with Crippen LogP contribution in [-0.4, -0.2) is 38.4 Å². The van der Waals surface area contributed by atoms with Crippen molar-refractivity contribution in [1.82, 2.24) is 4.98 Å². The topological polar surface area (TPSA) is 139 Å². The van der Waals surface area contributed by atoms with Crippen LogP contribution in [0.4, 0.5) is 24.5 Å². The number of hydrogen-bond donors (Lipinski definition) is 4. The number of ketones is 1. The Morgan fingerprint density at radius 3 is 2.51 bits per heavy atom. The third kappa shape index (κ3) is 5.94. The molecule has 0 amide bonds. The highest BCUT2D eigenvalue weighted by Crippen LogP contribution is 2.25. The van der Waals surface area contributed by atoms with E-state index in [4.69, 9.17) is 10.5 Å². The molecular weight excluding hydrogens is 511 g/mol. The third-order valence-electron chi connectivity index (χ3n) is 5.13. The van der Waals surface area contributed by atoms with E-state index in [1.165, 1.54) is 19.2 Å². The Balaban J connectivity index is 2.17. The van der Waals surface area contributed by atoms with Gasteiger partial charge in [0.1, 0.15) is 23.2 Å². The van der Waals surface area contributed by atoms with Gasteiger partial charge in [0.15, 0.2) is 5.82 Å². The van der Waals surface area contributed by atoms with Gasteiger partial charge in [-0.3, -0.25) is 9.52 Å². The Morgan fingerprint density at radius 1 is 1.19 bits per heavy atom.